The normalized spacial score (nSPS) is 10.0. The molecule has 0 fully saturated rings. The predicted octanol–water partition coefficient (Wildman–Crippen LogP) is 4.05. The van der Waals surface area contributed by atoms with Crippen molar-refractivity contribution in [2.24, 2.45) is 0 Å². The molecule has 0 bridgehead atoms. The van der Waals surface area contributed by atoms with Crippen molar-refractivity contribution >= 4 is 11.3 Å². The van der Waals surface area contributed by atoms with E-state index in [1.54, 1.807) is 23.7 Å². The van der Waals surface area contributed by atoms with Crippen LogP contribution in [0.15, 0.2) is 48.1 Å². The van der Waals surface area contributed by atoms with E-state index in [9.17, 15) is 4.39 Å². The van der Waals surface area contributed by atoms with Crippen LogP contribution in [0.5, 0.6) is 0 Å². The van der Waals surface area contributed by atoms with Crippen LogP contribution >= 0.6 is 11.3 Å². The molecule has 1 aromatic carbocycles. The van der Waals surface area contributed by atoms with Crippen LogP contribution in [-0.4, -0.2) is 9.97 Å². The molecule has 102 valence electrons. The van der Waals surface area contributed by atoms with E-state index in [1.807, 2.05) is 30.5 Å². The Morgan fingerprint density at radius 2 is 2.05 bits per heavy atom. The number of nitrogens with zero attached hydrogens (tertiary/aromatic N) is 2. The van der Waals surface area contributed by atoms with E-state index in [2.05, 4.69) is 21.8 Å². The highest BCUT2D eigenvalue weighted by molar-refractivity contribution is 7.09. The summed E-state index contributed by atoms with van der Waals surface area (Å²) in [5.41, 5.74) is 2.97. The van der Waals surface area contributed by atoms with E-state index in [0.29, 0.717) is 11.3 Å². The van der Waals surface area contributed by atoms with Gasteiger partial charge in [0.1, 0.15) is 11.5 Å². The number of aryl methyl sites for hydroxylation is 1. The molecule has 2 aromatic heterocycles. The first-order valence-electron chi connectivity index (χ1n) is 6.36. The van der Waals surface area contributed by atoms with Gasteiger partial charge in [-0.3, -0.25) is 4.98 Å². The third kappa shape index (κ3) is 3.33. The maximum absolute atomic E-state index is 13.7. The number of hydrogen-bond donors (Lipinski definition) is 0. The molecule has 0 saturated heterocycles. The monoisotopic (exact) mass is 294 g/mol. The summed E-state index contributed by atoms with van der Waals surface area (Å²) in [6.07, 6.45) is 3.39. The highest BCUT2D eigenvalue weighted by atomic mass is 32.1. The van der Waals surface area contributed by atoms with Crippen molar-refractivity contribution in [3.05, 3.63) is 70.2 Å². The molecule has 3 aromatic rings. The Kier molecular flexibility index (Phi) is 3.76. The van der Waals surface area contributed by atoms with Gasteiger partial charge in [-0.25, -0.2) is 9.37 Å². The minimum Gasteiger partial charge on any atom is -0.264 e. The minimum atomic E-state index is -0.310. The number of aromatic nitrogens is 2. The quantitative estimate of drug-likeness (QED) is 0.633. The fourth-order valence-corrected chi connectivity index (χ4v) is 2.46. The van der Waals surface area contributed by atoms with Crippen LogP contribution in [0.2, 0.25) is 0 Å². The van der Waals surface area contributed by atoms with E-state index in [1.165, 1.54) is 12.1 Å². The first kappa shape index (κ1) is 13.5. The van der Waals surface area contributed by atoms with Gasteiger partial charge in [0.15, 0.2) is 0 Å². The van der Waals surface area contributed by atoms with Crippen LogP contribution in [-0.2, 0) is 0 Å². The Hall–Kier alpha value is -2.51. The van der Waals surface area contributed by atoms with E-state index in [-0.39, 0.29) is 5.82 Å². The van der Waals surface area contributed by atoms with E-state index >= 15 is 0 Å². The Labute approximate surface area is 126 Å². The molecule has 0 spiro atoms. The van der Waals surface area contributed by atoms with Crippen molar-refractivity contribution in [2.75, 3.05) is 0 Å². The summed E-state index contributed by atoms with van der Waals surface area (Å²) in [6, 6.07) is 8.47. The summed E-state index contributed by atoms with van der Waals surface area (Å²) < 4.78 is 13.7. The van der Waals surface area contributed by atoms with Crippen LogP contribution in [0.4, 0.5) is 4.39 Å². The fraction of sp³-hybridized carbons (Fsp3) is 0.0588. The van der Waals surface area contributed by atoms with Gasteiger partial charge in [0.2, 0.25) is 0 Å². The largest absolute Gasteiger partial charge is 0.264 e. The van der Waals surface area contributed by atoms with Crippen LogP contribution in [0.1, 0.15) is 16.3 Å². The Morgan fingerprint density at radius 3 is 2.76 bits per heavy atom. The number of rotatable bonds is 1. The second-order valence-electron chi connectivity index (χ2n) is 4.47. The summed E-state index contributed by atoms with van der Waals surface area (Å²) in [4.78, 5) is 8.32. The standard InChI is InChI=1S/C17H11FN2S/c1-12-20-17(11-21-12)5-4-13-7-15(9-16(18)8-13)14-3-2-6-19-10-14/h2-3,6-11H,1H3. The highest BCUT2D eigenvalue weighted by Crippen LogP contribution is 2.20. The summed E-state index contributed by atoms with van der Waals surface area (Å²) >= 11 is 1.55. The average Bonchev–Trinajstić information content (AvgIpc) is 2.91. The van der Waals surface area contributed by atoms with Gasteiger partial charge in [-0.05, 0) is 42.7 Å². The zero-order chi connectivity index (χ0) is 14.7. The van der Waals surface area contributed by atoms with Gasteiger partial charge in [-0.2, -0.15) is 0 Å². The smallest absolute Gasteiger partial charge is 0.125 e. The second kappa shape index (κ2) is 5.86. The maximum Gasteiger partial charge on any atom is 0.125 e. The number of pyridine rings is 1. The lowest BCUT2D eigenvalue weighted by Gasteiger charge is -2.02. The molecule has 0 radical (unpaired) electrons. The number of benzene rings is 1. The summed E-state index contributed by atoms with van der Waals surface area (Å²) in [7, 11) is 0. The van der Waals surface area contributed by atoms with Crippen molar-refractivity contribution in [3.63, 3.8) is 0 Å². The molecule has 2 nitrogen and oxygen atoms in total. The first-order chi connectivity index (χ1) is 10.2. The lowest BCUT2D eigenvalue weighted by atomic mass is 10.0. The summed E-state index contributed by atoms with van der Waals surface area (Å²) in [5, 5.41) is 2.86. The van der Waals surface area contributed by atoms with Gasteiger partial charge >= 0.3 is 0 Å². The van der Waals surface area contributed by atoms with E-state index < -0.39 is 0 Å². The lowest BCUT2D eigenvalue weighted by Crippen LogP contribution is -1.85. The van der Waals surface area contributed by atoms with Crippen molar-refractivity contribution in [1.82, 2.24) is 9.97 Å². The molecule has 21 heavy (non-hydrogen) atoms. The fourth-order valence-electron chi connectivity index (χ4n) is 1.92. The molecular formula is C17H11FN2S. The maximum atomic E-state index is 13.7. The lowest BCUT2D eigenvalue weighted by molar-refractivity contribution is 0.628. The van der Waals surface area contributed by atoms with E-state index in [4.69, 9.17) is 0 Å². The zero-order valence-electron chi connectivity index (χ0n) is 11.3. The number of thiazole rings is 1. The van der Waals surface area contributed by atoms with Crippen molar-refractivity contribution < 1.29 is 4.39 Å². The Balaban J connectivity index is 1.97. The van der Waals surface area contributed by atoms with Gasteiger partial charge in [-0.15, -0.1) is 11.3 Å². The van der Waals surface area contributed by atoms with Gasteiger partial charge in [0, 0.05) is 28.9 Å². The average molecular weight is 294 g/mol. The van der Waals surface area contributed by atoms with Gasteiger partial charge in [0.05, 0.1) is 5.01 Å². The number of halogens is 1. The molecular weight excluding hydrogens is 283 g/mol. The molecule has 3 rings (SSSR count). The molecule has 0 atom stereocenters. The van der Waals surface area contributed by atoms with Gasteiger partial charge < -0.3 is 0 Å². The van der Waals surface area contributed by atoms with Crippen LogP contribution < -0.4 is 0 Å². The Bertz CT molecular complexity index is 829. The third-order valence-electron chi connectivity index (χ3n) is 2.85. The highest BCUT2D eigenvalue weighted by Gasteiger charge is 2.02. The zero-order valence-corrected chi connectivity index (χ0v) is 12.1. The van der Waals surface area contributed by atoms with Crippen molar-refractivity contribution in [2.45, 2.75) is 6.92 Å². The van der Waals surface area contributed by atoms with Crippen LogP contribution in [0.3, 0.4) is 0 Å². The first-order valence-corrected chi connectivity index (χ1v) is 7.24. The van der Waals surface area contributed by atoms with Crippen molar-refractivity contribution in [1.29, 1.82) is 0 Å². The molecule has 2 heterocycles. The van der Waals surface area contributed by atoms with Crippen molar-refractivity contribution in [3.8, 4) is 23.0 Å². The Morgan fingerprint density at radius 1 is 1.14 bits per heavy atom. The predicted molar refractivity (Wildman–Crippen MR) is 82.5 cm³/mol. The molecule has 0 aliphatic rings. The molecule has 0 amide bonds. The van der Waals surface area contributed by atoms with Crippen LogP contribution in [0.25, 0.3) is 11.1 Å². The molecule has 0 aliphatic heterocycles. The second-order valence-corrected chi connectivity index (χ2v) is 5.53. The summed E-state index contributed by atoms with van der Waals surface area (Å²) in [5.74, 6) is 5.60. The number of hydrogen-bond acceptors (Lipinski definition) is 3. The molecule has 0 N–H and O–H groups in total. The van der Waals surface area contributed by atoms with Gasteiger partial charge in [-0.1, -0.05) is 12.0 Å². The SMILES string of the molecule is Cc1nc(C#Cc2cc(F)cc(-c3cccnc3)c2)cs1. The van der Waals surface area contributed by atoms with Crippen LogP contribution in [0, 0.1) is 24.6 Å². The molecule has 0 aliphatic carbocycles. The van der Waals surface area contributed by atoms with E-state index in [0.717, 1.165) is 16.1 Å². The minimum absolute atomic E-state index is 0.310. The molecule has 4 heteroatoms. The van der Waals surface area contributed by atoms with Gasteiger partial charge in [0.25, 0.3) is 0 Å². The summed E-state index contributed by atoms with van der Waals surface area (Å²) in [6.45, 7) is 1.93. The topological polar surface area (TPSA) is 25.8 Å². The molecule has 0 unspecified atom stereocenters. The molecule has 0 saturated carbocycles. The third-order valence-corrected chi connectivity index (χ3v) is 3.62.